The Morgan fingerprint density at radius 3 is 2.55 bits per heavy atom. The SMILES string of the molecule is Nc1ccc2c(=O)n(CC3(O)CCN(C(=O)C(CCCNC(=O)c4ccc5c(Cl)c6c(nc5c4)CCCC6)Cc4ccccc4)CC3)cnc2c1. The molecule has 0 radical (unpaired) electrons. The number of benzene rings is 3. The van der Waals surface area contributed by atoms with Crippen LogP contribution in [-0.2, 0) is 30.6 Å². The number of nitrogens with one attached hydrogen (secondary N) is 1. The van der Waals surface area contributed by atoms with Gasteiger partial charge in [0.2, 0.25) is 5.91 Å². The standard InChI is InChI=1S/C40H43ClN6O4/c41-36-30-10-4-5-11-33(30)45-35-22-27(12-14-31(35)36)37(48)43-18-6-9-28(21-26-7-2-1-3-8-26)38(49)46-19-16-40(51,17-20-46)24-47-25-44-34-23-29(42)13-15-32(34)39(47)50/h1-3,7-8,12-15,22-23,25,28,51H,4-6,9-11,16-21,24,42H2,(H,43,48). The number of carbonyl (C=O) groups is 2. The third kappa shape index (κ3) is 7.62. The van der Waals surface area contributed by atoms with Crippen LogP contribution in [-0.4, -0.2) is 61.6 Å². The van der Waals surface area contributed by atoms with Crippen molar-refractivity contribution in [3.8, 4) is 0 Å². The van der Waals surface area contributed by atoms with E-state index in [-0.39, 0.29) is 29.8 Å². The fourth-order valence-electron chi connectivity index (χ4n) is 7.54. The first-order valence-corrected chi connectivity index (χ1v) is 18.2. The van der Waals surface area contributed by atoms with Crippen molar-refractivity contribution in [1.29, 1.82) is 0 Å². The van der Waals surface area contributed by atoms with Crippen molar-refractivity contribution < 1.29 is 14.7 Å². The molecule has 0 spiro atoms. The lowest BCUT2D eigenvalue weighted by molar-refractivity contribution is -0.140. The fourth-order valence-corrected chi connectivity index (χ4v) is 7.90. The minimum absolute atomic E-state index is 0.0372. The number of anilines is 1. The van der Waals surface area contributed by atoms with Crippen molar-refractivity contribution in [3.05, 3.63) is 111 Å². The minimum atomic E-state index is -1.15. The summed E-state index contributed by atoms with van der Waals surface area (Å²) >= 11 is 6.74. The number of aryl methyl sites for hydroxylation is 1. The number of likely N-dealkylation sites (tertiary alicyclic amines) is 1. The first kappa shape index (κ1) is 34.6. The average molecular weight is 707 g/mol. The number of hydrogen-bond donors (Lipinski definition) is 3. The second-order valence-corrected chi connectivity index (χ2v) is 14.5. The Hall–Kier alpha value is -4.80. The van der Waals surface area contributed by atoms with Crippen LogP contribution in [0.5, 0.6) is 0 Å². The molecule has 3 aromatic carbocycles. The summed E-state index contributed by atoms with van der Waals surface area (Å²) in [6.45, 7) is 1.28. The normalized spacial score (nSPS) is 16.2. The Bertz CT molecular complexity index is 2140. The summed E-state index contributed by atoms with van der Waals surface area (Å²) in [4.78, 5) is 51.3. The van der Waals surface area contributed by atoms with Crippen LogP contribution in [0.4, 0.5) is 5.69 Å². The van der Waals surface area contributed by atoms with Crippen LogP contribution in [0.2, 0.25) is 5.02 Å². The molecule has 10 nitrogen and oxygen atoms in total. The molecule has 264 valence electrons. The van der Waals surface area contributed by atoms with Gasteiger partial charge in [-0.1, -0.05) is 48.0 Å². The molecule has 1 unspecified atom stereocenters. The molecule has 1 saturated heterocycles. The third-order valence-corrected chi connectivity index (χ3v) is 10.9. The zero-order valence-electron chi connectivity index (χ0n) is 28.6. The summed E-state index contributed by atoms with van der Waals surface area (Å²) < 4.78 is 1.44. The summed E-state index contributed by atoms with van der Waals surface area (Å²) in [5.41, 5.74) is 10.0. The summed E-state index contributed by atoms with van der Waals surface area (Å²) in [5, 5.41) is 16.6. The number of aromatic nitrogens is 3. The van der Waals surface area contributed by atoms with E-state index >= 15 is 0 Å². The van der Waals surface area contributed by atoms with Gasteiger partial charge in [0.1, 0.15) is 0 Å². The maximum atomic E-state index is 14.0. The molecule has 2 amide bonds. The number of fused-ring (bicyclic) bond motifs is 3. The van der Waals surface area contributed by atoms with E-state index in [2.05, 4.69) is 10.3 Å². The molecule has 1 atom stereocenters. The van der Waals surface area contributed by atoms with Gasteiger partial charge in [0, 0.05) is 47.9 Å². The van der Waals surface area contributed by atoms with Crippen molar-refractivity contribution in [3.63, 3.8) is 0 Å². The highest BCUT2D eigenvalue weighted by molar-refractivity contribution is 6.36. The van der Waals surface area contributed by atoms with Gasteiger partial charge in [-0.2, -0.15) is 0 Å². The van der Waals surface area contributed by atoms with Crippen LogP contribution >= 0.6 is 11.6 Å². The monoisotopic (exact) mass is 706 g/mol. The van der Waals surface area contributed by atoms with E-state index in [9.17, 15) is 19.5 Å². The Balaban J connectivity index is 0.968. The number of hydrogen-bond acceptors (Lipinski definition) is 7. The van der Waals surface area contributed by atoms with Crippen molar-refractivity contribution in [1.82, 2.24) is 24.8 Å². The summed E-state index contributed by atoms with van der Waals surface area (Å²) in [7, 11) is 0. The van der Waals surface area contributed by atoms with Crippen molar-refractivity contribution >= 4 is 50.9 Å². The average Bonchev–Trinajstić information content (AvgIpc) is 3.14. The molecule has 11 heteroatoms. The lowest BCUT2D eigenvalue weighted by Gasteiger charge is -2.39. The minimum Gasteiger partial charge on any atom is -0.399 e. The summed E-state index contributed by atoms with van der Waals surface area (Å²) in [5.74, 6) is -0.428. The second-order valence-electron chi connectivity index (χ2n) is 14.1. The van der Waals surface area contributed by atoms with E-state index < -0.39 is 5.60 Å². The van der Waals surface area contributed by atoms with Gasteiger partial charge in [-0.25, -0.2) is 4.98 Å². The van der Waals surface area contributed by atoms with Crippen molar-refractivity contribution in [2.75, 3.05) is 25.4 Å². The van der Waals surface area contributed by atoms with Gasteiger partial charge in [-0.05, 0) is 99.2 Å². The number of carbonyl (C=O) groups excluding carboxylic acids is 2. The second kappa shape index (κ2) is 14.8. The van der Waals surface area contributed by atoms with E-state index in [4.69, 9.17) is 22.3 Å². The van der Waals surface area contributed by atoms with Gasteiger partial charge in [0.25, 0.3) is 11.5 Å². The molecular weight excluding hydrogens is 664 g/mol. The number of halogens is 1. The van der Waals surface area contributed by atoms with Gasteiger partial charge in [-0.3, -0.25) is 23.9 Å². The summed E-state index contributed by atoms with van der Waals surface area (Å²) in [6, 6.07) is 20.4. The quantitative estimate of drug-likeness (QED) is 0.129. The van der Waals surface area contributed by atoms with Gasteiger partial charge in [0.15, 0.2) is 0 Å². The van der Waals surface area contributed by atoms with Gasteiger partial charge >= 0.3 is 0 Å². The number of amides is 2. The number of aliphatic hydroxyl groups is 1. The molecule has 5 aromatic rings. The number of pyridine rings is 1. The molecule has 1 aliphatic carbocycles. The van der Waals surface area contributed by atoms with Crippen LogP contribution < -0.4 is 16.6 Å². The molecule has 2 aliphatic rings. The highest BCUT2D eigenvalue weighted by atomic mass is 35.5. The third-order valence-electron chi connectivity index (χ3n) is 10.5. The molecule has 2 aromatic heterocycles. The molecule has 0 bridgehead atoms. The predicted molar refractivity (Wildman–Crippen MR) is 200 cm³/mol. The van der Waals surface area contributed by atoms with Crippen molar-refractivity contribution in [2.45, 2.75) is 69.9 Å². The maximum absolute atomic E-state index is 14.0. The molecule has 3 heterocycles. The van der Waals surface area contributed by atoms with Crippen LogP contribution in [0.25, 0.3) is 21.8 Å². The molecule has 4 N–H and O–H groups in total. The summed E-state index contributed by atoms with van der Waals surface area (Å²) in [6.07, 6.45) is 8.00. The van der Waals surface area contributed by atoms with Gasteiger partial charge in [-0.15, -0.1) is 0 Å². The van der Waals surface area contributed by atoms with Crippen molar-refractivity contribution in [2.24, 2.45) is 5.92 Å². The van der Waals surface area contributed by atoms with E-state index in [1.165, 1.54) is 10.9 Å². The topological polar surface area (TPSA) is 143 Å². The maximum Gasteiger partial charge on any atom is 0.261 e. The van der Waals surface area contributed by atoms with Crippen LogP contribution in [0, 0.1) is 5.92 Å². The number of rotatable bonds is 10. The molecular formula is C40H43ClN6O4. The van der Waals surface area contributed by atoms with E-state index in [1.54, 1.807) is 24.3 Å². The number of nitrogens with two attached hydrogens (primary N) is 1. The lowest BCUT2D eigenvalue weighted by atomic mass is 9.88. The Morgan fingerprint density at radius 2 is 1.75 bits per heavy atom. The van der Waals surface area contributed by atoms with E-state index in [0.29, 0.717) is 73.9 Å². The van der Waals surface area contributed by atoms with Gasteiger partial charge in [0.05, 0.1) is 39.9 Å². The Labute approximate surface area is 301 Å². The molecule has 51 heavy (non-hydrogen) atoms. The number of nitrogen functional groups attached to an aromatic ring is 1. The Morgan fingerprint density at radius 1 is 0.980 bits per heavy atom. The number of nitrogens with zero attached hydrogens (tertiary/aromatic N) is 4. The van der Waals surface area contributed by atoms with Crippen LogP contribution in [0.1, 0.15) is 65.7 Å². The highest BCUT2D eigenvalue weighted by Crippen LogP contribution is 2.33. The Kier molecular flexibility index (Phi) is 10.1. The smallest absolute Gasteiger partial charge is 0.261 e. The molecule has 7 rings (SSSR count). The number of piperidine rings is 1. The van der Waals surface area contributed by atoms with Crippen LogP contribution in [0.3, 0.4) is 0 Å². The van der Waals surface area contributed by atoms with E-state index in [1.807, 2.05) is 47.4 Å². The predicted octanol–water partition coefficient (Wildman–Crippen LogP) is 5.48. The van der Waals surface area contributed by atoms with Gasteiger partial charge < -0.3 is 21.1 Å². The van der Waals surface area contributed by atoms with Crippen LogP contribution in [0.15, 0.2) is 77.9 Å². The first-order valence-electron chi connectivity index (χ1n) is 17.9. The highest BCUT2D eigenvalue weighted by Gasteiger charge is 2.36. The van der Waals surface area contributed by atoms with E-state index in [0.717, 1.165) is 58.4 Å². The zero-order chi connectivity index (χ0) is 35.5. The fraction of sp³-hybridized carbons (Fsp3) is 0.375. The zero-order valence-corrected chi connectivity index (χ0v) is 29.4. The first-order chi connectivity index (χ1) is 24.7. The molecule has 1 aliphatic heterocycles. The molecule has 0 saturated carbocycles. The molecule has 1 fully saturated rings. The largest absolute Gasteiger partial charge is 0.399 e. The lowest BCUT2D eigenvalue weighted by Crippen LogP contribution is -2.51.